The first-order chi connectivity index (χ1) is 13.6. The van der Waals surface area contributed by atoms with Crippen LogP contribution in [0.4, 0.5) is 5.69 Å². The molecular weight excluding hydrogens is 370 g/mol. The lowest BCUT2D eigenvalue weighted by Gasteiger charge is -2.32. The van der Waals surface area contributed by atoms with Crippen molar-refractivity contribution in [1.82, 2.24) is 5.32 Å². The number of benzene rings is 2. The van der Waals surface area contributed by atoms with E-state index in [1.807, 2.05) is 12.1 Å². The first-order valence-corrected chi connectivity index (χ1v) is 10.2. The van der Waals surface area contributed by atoms with E-state index < -0.39 is 0 Å². The Hall–Kier alpha value is -2.15. The van der Waals surface area contributed by atoms with Crippen molar-refractivity contribution in [1.29, 1.82) is 0 Å². The minimum absolute atomic E-state index is 0.300. The van der Waals surface area contributed by atoms with E-state index in [0.29, 0.717) is 11.2 Å². The van der Waals surface area contributed by atoms with Crippen molar-refractivity contribution < 1.29 is 14.4 Å². The van der Waals surface area contributed by atoms with Crippen LogP contribution >= 0.6 is 12.2 Å². The predicted molar refractivity (Wildman–Crippen MR) is 117 cm³/mol. The molecule has 0 radical (unpaired) electrons. The van der Waals surface area contributed by atoms with Crippen molar-refractivity contribution in [2.75, 3.05) is 45.3 Å². The number of hydrogen-bond acceptors (Lipinski definition) is 3. The van der Waals surface area contributed by atoms with Crippen LogP contribution < -0.4 is 20.3 Å². The first-order valence-electron chi connectivity index (χ1n) is 9.75. The Labute approximate surface area is 173 Å². The van der Waals surface area contributed by atoms with Crippen LogP contribution in [0.1, 0.15) is 22.7 Å². The van der Waals surface area contributed by atoms with Gasteiger partial charge in [0.1, 0.15) is 24.9 Å². The Kier molecular flexibility index (Phi) is 7.25. The lowest BCUT2D eigenvalue weighted by atomic mass is 10.0. The molecule has 1 aliphatic heterocycles. The maximum Gasteiger partial charge on any atom is 0.171 e. The Morgan fingerprint density at radius 2 is 1.82 bits per heavy atom. The Morgan fingerprint density at radius 3 is 2.46 bits per heavy atom. The molecule has 2 aromatic rings. The van der Waals surface area contributed by atoms with E-state index in [-0.39, 0.29) is 0 Å². The first kappa shape index (κ1) is 20.6. The zero-order valence-electron chi connectivity index (χ0n) is 16.9. The van der Waals surface area contributed by atoms with Crippen LogP contribution in [0.3, 0.4) is 0 Å². The van der Waals surface area contributed by atoms with Crippen molar-refractivity contribution in [3.05, 3.63) is 59.2 Å². The number of aryl methyl sites for hydroxylation is 2. The average Bonchev–Trinajstić information content (AvgIpc) is 2.72. The molecule has 3 N–H and O–H groups in total. The molecule has 0 saturated carbocycles. The fourth-order valence-corrected chi connectivity index (χ4v) is 3.71. The van der Waals surface area contributed by atoms with Gasteiger partial charge in [0, 0.05) is 11.3 Å². The van der Waals surface area contributed by atoms with Crippen LogP contribution in [0.2, 0.25) is 0 Å². The van der Waals surface area contributed by atoms with Gasteiger partial charge in [0.2, 0.25) is 0 Å². The molecule has 5 nitrogen and oxygen atoms in total. The molecular formula is C22H30N3O2S+. The van der Waals surface area contributed by atoms with Gasteiger partial charge in [-0.15, -0.1) is 0 Å². The molecule has 1 saturated heterocycles. The van der Waals surface area contributed by atoms with Crippen LogP contribution in [0, 0.1) is 13.8 Å². The fraction of sp³-hybridized carbons (Fsp3) is 0.409. The van der Waals surface area contributed by atoms with Gasteiger partial charge in [-0.05, 0) is 73.6 Å². The number of rotatable bonds is 6. The second-order valence-electron chi connectivity index (χ2n) is 7.23. The average molecular weight is 401 g/mol. The van der Waals surface area contributed by atoms with Gasteiger partial charge < -0.3 is 25.0 Å². The normalized spacial score (nSPS) is 15.7. The van der Waals surface area contributed by atoms with Gasteiger partial charge in [-0.1, -0.05) is 6.07 Å². The predicted octanol–water partition coefficient (Wildman–Crippen LogP) is 2.25. The molecule has 3 rings (SSSR count). The maximum absolute atomic E-state index is 5.55. The lowest BCUT2D eigenvalue weighted by molar-refractivity contribution is -0.937. The third-order valence-electron chi connectivity index (χ3n) is 5.38. The van der Waals surface area contributed by atoms with Crippen LogP contribution in [0.15, 0.2) is 42.5 Å². The van der Waals surface area contributed by atoms with Crippen molar-refractivity contribution in [3.63, 3.8) is 0 Å². The van der Waals surface area contributed by atoms with E-state index in [9.17, 15) is 0 Å². The highest BCUT2D eigenvalue weighted by molar-refractivity contribution is 7.80. The van der Waals surface area contributed by atoms with E-state index in [2.05, 4.69) is 54.8 Å². The molecule has 6 heteroatoms. The Bertz CT molecular complexity index is 789. The summed E-state index contributed by atoms with van der Waals surface area (Å²) in [6, 6.07) is 14.9. The second kappa shape index (κ2) is 9.87. The molecule has 28 heavy (non-hydrogen) atoms. The molecule has 0 aromatic heterocycles. The molecule has 1 fully saturated rings. The lowest BCUT2D eigenvalue weighted by Crippen LogP contribution is -3.15. The number of hydrogen-bond donors (Lipinski definition) is 3. The quantitative estimate of drug-likeness (QED) is 0.650. The summed E-state index contributed by atoms with van der Waals surface area (Å²) in [5.74, 6) is 0.874. The smallest absolute Gasteiger partial charge is 0.171 e. The number of methoxy groups -OCH3 is 1. The van der Waals surface area contributed by atoms with Crippen LogP contribution in [-0.4, -0.2) is 45.1 Å². The summed E-state index contributed by atoms with van der Waals surface area (Å²) in [7, 11) is 1.69. The third kappa shape index (κ3) is 5.44. The number of ether oxygens (including phenoxy) is 2. The maximum atomic E-state index is 5.55. The van der Waals surface area contributed by atoms with E-state index >= 15 is 0 Å². The second-order valence-corrected chi connectivity index (χ2v) is 7.64. The van der Waals surface area contributed by atoms with E-state index in [1.165, 1.54) is 21.6 Å². The van der Waals surface area contributed by atoms with Gasteiger partial charge in [0.05, 0.1) is 26.9 Å². The van der Waals surface area contributed by atoms with Gasteiger partial charge in [-0.2, -0.15) is 0 Å². The molecule has 0 aliphatic carbocycles. The van der Waals surface area contributed by atoms with Crippen LogP contribution in [0.5, 0.6) is 5.75 Å². The van der Waals surface area contributed by atoms with Crippen molar-refractivity contribution in [2.24, 2.45) is 0 Å². The number of anilines is 1. The summed E-state index contributed by atoms with van der Waals surface area (Å²) in [4.78, 5) is 1.51. The van der Waals surface area contributed by atoms with Crippen LogP contribution in [0.25, 0.3) is 0 Å². The molecule has 0 amide bonds. The highest BCUT2D eigenvalue weighted by atomic mass is 32.1. The van der Waals surface area contributed by atoms with Crippen LogP contribution in [-0.2, 0) is 4.74 Å². The Morgan fingerprint density at radius 1 is 1.11 bits per heavy atom. The molecule has 1 atom stereocenters. The number of nitrogens with one attached hydrogen (secondary N) is 3. The fourth-order valence-electron chi connectivity index (χ4n) is 3.51. The van der Waals surface area contributed by atoms with E-state index in [1.54, 1.807) is 7.11 Å². The largest absolute Gasteiger partial charge is 0.497 e. The molecule has 0 bridgehead atoms. The summed E-state index contributed by atoms with van der Waals surface area (Å²) in [5.41, 5.74) is 4.82. The summed E-state index contributed by atoms with van der Waals surface area (Å²) < 4.78 is 10.9. The number of thiocarbonyl (C=S) groups is 1. The van der Waals surface area contributed by atoms with E-state index in [0.717, 1.165) is 44.3 Å². The highest BCUT2D eigenvalue weighted by Crippen LogP contribution is 2.17. The van der Waals surface area contributed by atoms with Gasteiger partial charge in [0.25, 0.3) is 0 Å². The molecule has 150 valence electrons. The molecule has 1 aliphatic rings. The Balaban J connectivity index is 1.66. The molecule has 0 unspecified atom stereocenters. The zero-order chi connectivity index (χ0) is 19.9. The number of morpholine rings is 1. The zero-order valence-corrected chi connectivity index (χ0v) is 17.7. The monoisotopic (exact) mass is 400 g/mol. The minimum atomic E-state index is 0.300. The van der Waals surface area contributed by atoms with Crippen molar-refractivity contribution in [2.45, 2.75) is 19.9 Å². The third-order valence-corrected chi connectivity index (χ3v) is 5.62. The van der Waals surface area contributed by atoms with Gasteiger partial charge in [-0.3, -0.25) is 0 Å². The summed E-state index contributed by atoms with van der Waals surface area (Å²) >= 11 is 5.55. The van der Waals surface area contributed by atoms with E-state index in [4.69, 9.17) is 21.7 Å². The molecule has 2 aromatic carbocycles. The highest BCUT2D eigenvalue weighted by Gasteiger charge is 2.26. The summed E-state index contributed by atoms with van der Waals surface area (Å²) in [6.45, 7) is 8.57. The van der Waals surface area contributed by atoms with Gasteiger partial charge in [0.15, 0.2) is 5.11 Å². The topological polar surface area (TPSA) is 47.0 Å². The SMILES string of the molecule is COc1ccc([C@H](CNC(=S)Nc2ccc(C)c(C)c2)[NH+]2CCOCC2)cc1. The van der Waals surface area contributed by atoms with Crippen molar-refractivity contribution in [3.8, 4) is 5.75 Å². The minimum Gasteiger partial charge on any atom is -0.497 e. The van der Waals surface area contributed by atoms with Gasteiger partial charge >= 0.3 is 0 Å². The van der Waals surface area contributed by atoms with Crippen molar-refractivity contribution >= 4 is 23.0 Å². The van der Waals surface area contributed by atoms with Gasteiger partial charge in [-0.25, -0.2) is 0 Å². The summed E-state index contributed by atoms with van der Waals surface area (Å²) in [5, 5.41) is 7.37. The summed E-state index contributed by atoms with van der Waals surface area (Å²) in [6.07, 6.45) is 0. The standard InChI is InChI=1S/C22H29N3O2S/c1-16-4-7-19(14-17(16)2)24-22(28)23-15-21(25-10-12-27-13-11-25)18-5-8-20(26-3)9-6-18/h4-9,14,21H,10-13,15H2,1-3H3,(H2,23,24,28)/p+1/t21-/m0/s1. The number of quaternary nitrogens is 1. The molecule has 0 spiro atoms. The molecule has 1 heterocycles.